The van der Waals surface area contributed by atoms with Crippen molar-refractivity contribution in [2.24, 2.45) is 0 Å². The summed E-state index contributed by atoms with van der Waals surface area (Å²) in [5.74, 6) is 0. The lowest BCUT2D eigenvalue weighted by Gasteiger charge is -2.11. The topological polar surface area (TPSA) is 0 Å². The van der Waals surface area contributed by atoms with Gasteiger partial charge in [0, 0.05) is 0 Å². The molecule has 0 aliphatic rings. The molecule has 0 saturated heterocycles. The van der Waals surface area contributed by atoms with Crippen LogP contribution >= 0.6 is 0 Å². The minimum Gasteiger partial charge on any atom is -0.0683 e. The average Bonchev–Trinajstić information content (AvgIpc) is 3.25. The van der Waals surface area contributed by atoms with Crippen molar-refractivity contribution >= 4 is 64.6 Å². The summed E-state index contributed by atoms with van der Waals surface area (Å²) in [6.45, 7) is 29.0. The number of benzene rings is 9. The van der Waals surface area contributed by atoms with Crippen molar-refractivity contribution in [1.82, 2.24) is 0 Å². The zero-order valence-corrected chi connectivity index (χ0v) is 36.9. The lowest BCUT2D eigenvalue weighted by atomic mass is 9.93. The van der Waals surface area contributed by atoms with Crippen LogP contribution in [0.15, 0.2) is 146 Å². The molecule has 56 heavy (non-hydrogen) atoms. The maximum Gasteiger partial charge on any atom is -0.0105 e. The van der Waals surface area contributed by atoms with Gasteiger partial charge in [0.15, 0.2) is 0 Å². The van der Waals surface area contributed by atoms with Gasteiger partial charge in [0.1, 0.15) is 0 Å². The Labute approximate surface area is 339 Å². The molecule has 0 aliphatic heterocycles. The van der Waals surface area contributed by atoms with Crippen LogP contribution in [0.4, 0.5) is 0 Å². The Morgan fingerprint density at radius 3 is 0.768 bits per heavy atom. The Morgan fingerprint density at radius 2 is 0.464 bits per heavy atom. The maximum atomic E-state index is 2.27. The van der Waals surface area contributed by atoms with Crippen LogP contribution in [-0.4, -0.2) is 0 Å². The Kier molecular flexibility index (Phi) is 17.8. The van der Waals surface area contributed by atoms with Crippen LogP contribution < -0.4 is 0 Å². The minimum absolute atomic E-state index is 1.32. The minimum atomic E-state index is 1.32. The average molecular weight is 739 g/mol. The molecule has 9 aromatic rings. The summed E-state index contributed by atoms with van der Waals surface area (Å²) in [5, 5.41) is 16.2. The third-order valence-corrected chi connectivity index (χ3v) is 9.72. The van der Waals surface area contributed by atoms with Gasteiger partial charge in [-0.15, -0.1) is 0 Å². The fourth-order valence-corrected chi connectivity index (χ4v) is 7.11. The Balaban J connectivity index is 0.000000206. The highest BCUT2D eigenvalue weighted by molar-refractivity contribution is 6.08. The van der Waals surface area contributed by atoms with Crippen molar-refractivity contribution in [3.05, 3.63) is 179 Å². The molecule has 0 spiro atoms. The van der Waals surface area contributed by atoms with Crippen LogP contribution in [0.1, 0.15) is 88.8 Å². The van der Waals surface area contributed by atoms with Gasteiger partial charge in [0.25, 0.3) is 0 Å². The van der Waals surface area contributed by atoms with Gasteiger partial charge in [-0.3, -0.25) is 0 Å². The van der Waals surface area contributed by atoms with Crippen molar-refractivity contribution < 1.29 is 0 Å². The summed E-state index contributed by atoms with van der Waals surface area (Å²) < 4.78 is 0. The van der Waals surface area contributed by atoms with Crippen molar-refractivity contribution in [1.29, 1.82) is 0 Å². The summed E-state index contributed by atoms with van der Waals surface area (Å²) in [7, 11) is 0. The summed E-state index contributed by atoms with van der Waals surface area (Å²) in [5.41, 5.74) is 8.05. The second kappa shape index (κ2) is 22.2. The van der Waals surface area contributed by atoms with E-state index in [4.69, 9.17) is 0 Å². The first-order chi connectivity index (χ1) is 27.2. The van der Waals surface area contributed by atoms with Crippen LogP contribution in [-0.2, 0) is 0 Å². The lowest BCUT2D eigenvalue weighted by Crippen LogP contribution is -1.87. The summed E-state index contributed by atoms with van der Waals surface area (Å²) in [6.07, 6.45) is 0. The van der Waals surface area contributed by atoms with E-state index in [1.807, 2.05) is 55.4 Å². The van der Waals surface area contributed by atoms with Crippen molar-refractivity contribution in [3.63, 3.8) is 0 Å². The molecule has 0 unspecified atom stereocenters. The molecule has 0 nitrogen and oxygen atoms in total. The Hall–Kier alpha value is -5.46. The molecule has 0 aromatic heterocycles. The molecule has 0 radical (unpaired) electrons. The fourth-order valence-electron chi connectivity index (χ4n) is 7.11. The predicted octanol–water partition coefficient (Wildman–Crippen LogP) is 17.9. The van der Waals surface area contributed by atoms with E-state index < -0.39 is 0 Å². The highest BCUT2D eigenvalue weighted by Gasteiger charge is 2.07. The van der Waals surface area contributed by atoms with Crippen molar-refractivity contribution in [2.45, 2.75) is 96.9 Å². The number of fused-ring (bicyclic) bond motifs is 7. The molecule has 9 aromatic carbocycles. The molecule has 0 heterocycles. The van der Waals surface area contributed by atoms with Gasteiger partial charge in [0.05, 0.1) is 0 Å². The summed E-state index contributed by atoms with van der Waals surface area (Å²) in [4.78, 5) is 0. The monoisotopic (exact) mass is 739 g/mol. The third kappa shape index (κ3) is 10.6. The van der Waals surface area contributed by atoms with E-state index in [0.29, 0.717) is 0 Å². The molecule has 0 heteroatoms. The molecule has 0 saturated carbocycles. The van der Waals surface area contributed by atoms with Gasteiger partial charge in [-0.05, 0) is 129 Å². The third-order valence-electron chi connectivity index (χ3n) is 9.72. The normalized spacial score (nSPS) is 9.96. The Morgan fingerprint density at radius 1 is 0.214 bits per heavy atom. The highest BCUT2D eigenvalue weighted by Crippen LogP contribution is 2.32. The van der Waals surface area contributed by atoms with Gasteiger partial charge < -0.3 is 0 Å². The van der Waals surface area contributed by atoms with E-state index in [-0.39, 0.29) is 0 Å². The zero-order valence-electron chi connectivity index (χ0n) is 36.9. The van der Waals surface area contributed by atoms with Crippen LogP contribution in [0.25, 0.3) is 64.6 Å². The first kappa shape index (κ1) is 44.9. The van der Waals surface area contributed by atoms with Crippen LogP contribution in [0.2, 0.25) is 0 Å². The van der Waals surface area contributed by atoms with Gasteiger partial charge >= 0.3 is 0 Å². The zero-order chi connectivity index (χ0) is 41.4. The largest absolute Gasteiger partial charge is 0.0683 e. The van der Waals surface area contributed by atoms with Crippen LogP contribution in [0, 0.1) is 41.5 Å². The molecular weight excluding hydrogens is 673 g/mol. The van der Waals surface area contributed by atoms with E-state index in [2.05, 4.69) is 187 Å². The van der Waals surface area contributed by atoms with Crippen molar-refractivity contribution in [3.8, 4) is 0 Å². The first-order valence-corrected chi connectivity index (χ1v) is 20.9. The lowest BCUT2D eigenvalue weighted by molar-refractivity contribution is 1.50. The smallest absolute Gasteiger partial charge is 0.0105 e. The summed E-state index contributed by atoms with van der Waals surface area (Å²) in [6, 6.07) is 52.8. The highest BCUT2D eigenvalue weighted by atomic mass is 14.1. The molecule has 0 amide bonds. The standard InChI is InChI=1S/3C16H14.4C2H6/c1-11-3-7-15-13(9-11)5-6-14-10-12(2)4-8-16(14)15;1-11-3-5-13-10-16-8-12(2)4-6-14(16)9-15(13)7-11;1-11-13-7-3-5-9-15(13)12(2)16-10-6-4-8-14(11)16;4*1-2/h3*3-10H,1-2H3;4*1-2H3. The van der Waals surface area contributed by atoms with Gasteiger partial charge in [-0.25, -0.2) is 0 Å². The molecular formula is C56H66. The van der Waals surface area contributed by atoms with Gasteiger partial charge in [-0.1, -0.05) is 211 Å². The fraction of sp³-hybridized carbons (Fsp3) is 0.250. The Bertz CT molecular complexity index is 2360. The molecule has 9 rings (SSSR count). The van der Waals surface area contributed by atoms with E-state index in [1.54, 1.807) is 0 Å². The van der Waals surface area contributed by atoms with Crippen molar-refractivity contribution in [2.75, 3.05) is 0 Å². The number of aryl methyl sites for hydroxylation is 6. The molecule has 0 N–H and O–H groups in total. The molecule has 0 fully saturated rings. The quantitative estimate of drug-likeness (QED) is 0.107. The second-order valence-corrected chi connectivity index (χ2v) is 13.4. The molecule has 290 valence electrons. The van der Waals surface area contributed by atoms with E-state index in [1.165, 1.54) is 98.0 Å². The van der Waals surface area contributed by atoms with Gasteiger partial charge in [0.2, 0.25) is 0 Å². The van der Waals surface area contributed by atoms with E-state index >= 15 is 0 Å². The van der Waals surface area contributed by atoms with E-state index in [9.17, 15) is 0 Å². The van der Waals surface area contributed by atoms with Crippen LogP contribution in [0.5, 0.6) is 0 Å². The van der Waals surface area contributed by atoms with E-state index in [0.717, 1.165) is 0 Å². The molecule has 0 atom stereocenters. The van der Waals surface area contributed by atoms with Crippen LogP contribution in [0.3, 0.4) is 0 Å². The first-order valence-electron chi connectivity index (χ1n) is 20.9. The number of hydrogen-bond acceptors (Lipinski definition) is 0. The maximum absolute atomic E-state index is 2.27. The summed E-state index contributed by atoms with van der Waals surface area (Å²) >= 11 is 0. The molecule has 0 bridgehead atoms. The SMILES string of the molecule is CC.CC.CC.CC.Cc1c2ccccc2c(C)c2ccccc12.Cc1ccc2c(ccc3cc(C)ccc32)c1.Cc1ccc2cc3cc(C)ccc3cc2c1. The molecule has 0 aliphatic carbocycles. The predicted molar refractivity (Wildman–Crippen MR) is 258 cm³/mol. The second-order valence-electron chi connectivity index (χ2n) is 13.4. The number of hydrogen-bond donors (Lipinski definition) is 0. The number of rotatable bonds is 0. The van der Waals surface area contributed by atoms with Gasteiger partial charge in [-0.2, -0.15) is 0 Å².